The lowest BCUT2D eigenvalue weighted by atomic mass is 9.90. The Hall–Kier alpha value is -1.85. The van der Waals surface area contributed by atoms with E-state index in [1.807, 2.05) is 11.3 Å². The number of benzene rings is 1. The summed E-state index contributed by atoms with van der Waals surface area (Å²) in [5.74, 6) is 1.21. The van der Waals surface area contributed by atoms with E-state index in [1.165, 1.54) is 48.1 Å². The Labute approximate surface area is 166 Å². The fourth-order valence-electron chi connectivity index (χ4n) is 4.25. The highest BCUT2D eigenvalue weighted by Crippen LogP contribution is 2.27. The normalized spacial score (nSPS) is 19.0. The largest absolute Gasteiger partial charge is 0.370 e. The van der Waals surface area contributed by atoms with Crippen molar-refractivity contribution in [1.29, 1.82) is 0 Å². The van der Waals surface area contributed by atoms with E-state index in [0.29, 0.717) is 11.9 Å². The number of hydrogen-bond donors (Lipinski definition) is 2. The van der Waals surface area contributed by atoms with Gasteiger partial charge in [-0.15, -0.1) is 11.3 Å². The number of aliphatic imine (C=N–C) groups is 1. The Kier molecular flexibility index (Phi) is 6.10. The highest BCUT2D eigenvalue weighted by Gasteiger charge is 2.19. The maximum absolute atomic E-state index is 6.20. The number of rotatable bonds is 5. The van der Waals surface area contributed by atoms with Crippen molar-refractivity contribution < 1.29 is 0 Å². The summed E-state index contributed by atoms with van der Waals surface area (Å²) in [6.45, 7) is 4.26. The Morgan fingerprint density at radius 3 is 2.81 bits per heavy atom. The molecule has 144 valence electrons. The lowest BCUT2D eigenvalue weighted by Crippen LogP contribution is -2.34. The monoisotopic (exact) mass is 382 g/mol. The molecular weight excluding hydrogens is 352 g/mol. The van der Waals surface area contributed by atoms with Crippen LogP contribution in [0.1, 0.15) is 41.7 Å². The summed E-state index contributed by atoms with van der Waals surface area (Å²) in [7, 11) is 0. The average molecular weight is 383 g/mol. The molecule has 3 N–H and O–H groups in total. The summed E-state index contributed by atoms with van der Waals surface area (Å²) in [5, 5.41) is 5.53. The Morgan fingerprint density at radius 1 is 1.15 bits per heavy atom. The standard InChI is InChI=1S/C22H30N4S/c23-22(25-21-9-3-6-18-5-1-2-8-20(18)21)24-15-17-10-12-26(13-11-17)16-19-7-4-14-27-19/h3-4,6-7,9,14,17H,1-2,5,8,10-13,15-16H2,(H3,23,24,25). The number of nitrogens with zero attached hydrogens (tertiary/aromatic N) is 2. The van der Waals surface area contributed by atoms with Gasteiger partial charge in [-0.3, -0.25) is 9.89 Å². The van der Waals surface area contributed by atoms with Crippen molar-refractivity contribution in [2.24, 2.45) is 16.6 Å². The Bertz CT molecular complexity index is 761. The van der Waals surface area contributed by atoms with Crippen LogP contribution in [-0.2, 0) is 19.4 Å². The second-order valence-corrected chi connectivity index (χ2v) is 8.83. The van der Waals surface area contributed by atoms with Gasteiger partial charge in [-0.1, -0.05) is 18.2 Å². The van der Waals surface area contributed by atoms with Crippen molar-refractivity contribution in [3.8, 4) is 0 Å². The van der Waals surface area contributed by atoms with Crippen molar-refractivity contribution in [3.63, 3.8) is 0 Å². The molecule has 1 aliphatic carbocycles. The first-order chi connectivity index (χ1) is 13.3. The number of guanidine groups is 1. The smallest absolute Gasteiger partial charge is 0.193 e. The van der Waals surface area contributed by atoms with Crippen LogP contribution in [0.3, 0.4) is 0 Å². The third-order valence-electron chi connectivity index (χ3n) is 5.85. The molecule has 2 aliphatic rings. The molecule has 2 heterocycles. The molecule has 1 aromatic carbocycles. The molecule has 0 spiro atoms. The molecule has 2 aromatic rings. The van der Waals surface area contributed by atoms with Gasteiger partial charge in [0.15, 0.2) is 5.96 Å². The first kappa shape index (κ1) is 18.5. The van der Waals surface area contributed by atoms with Crippen LogP contribution in [0, 0.1) is 5.92 Å². The highest BCUT2D eigenvalue weighted by molar-refractivity contribution is 7.09. The molecule has 0 unspecified atom stereocenters. The molecule has 0 radical (unpaired) electrons. The van der Waals surface area contributed by atoms with Crippen LogP contribution >= 0.6 is 11.3 Å². The minimum atomic E-state index is 0.565. The molecule has 0 saturated carbocycles. The number of fused-ring (bicyclic) bond motifs is 1. The summed E-state index contributed by atoms with van der Waals surface area (Å²) in [5.41, 5.74) is 10.3. The van der Waals surface area contributed by atoms with Gasteiger partial charge in [0.25, 0.3) is 0 Å². The molecule has 1 fully saturated rings. The topological polar surface area (TPSA) is 53.6 Å². The SMILES string of the molecule is NC(=NCC1CCN(Cc2cccs2)CC1)Nc1cccc2c1CCCC2. The average Bonchev–Trinajstić information content (AvgIpc) is 3.21. The maximum Gasteiger partial charge on any atom is 0.193 e. The van der Waals surface area contributed by atoms with Gasteiger partial charge in [0, 0.05) is 23.7 Å². The molecule has 0 atom stereocenters. The van der Waals surface area contributed by atoms with Crippen LogP contribution < -0.4 is 11.1 Å². The predicted molar refractivity (Wildman–Crippen MR) is 116 cm³/mol. The summed E-state index contributed by atoms with van der Waals surface area (Å²) in [6.07, 6.45) is 7.32. The molecular formula is C22H30N4S. The van der Waals surface area contributed by atoms with Gasteiger partial charge in [0.05, 0.1) is 0 Å². The number of likely N-dealkylation sites (tertiary alicyclic amines) is 1. The van der Waals surface area contributed by atoms with E-state index in [9.17, 15) is 0 Å². The van der Waals surface area contributed by atoms with Crippen molar-refractivity contribution >= 4 is 23.0 Å². The summed E-state index contributed by atoms with van der Waals surface area (Å²) in [4.78, 5) is 8.68. The number of nitrogens with two attached hydrogens (primary N) is 1. The van der Waals surface area contributed by atoms with Crippen LogP contribution in [0.25, 0.3) is 0 Å². The van der Waals surface area contributed by atoms with Gasteiger partial charge in [0.1, 0.15) is 0 Å². The van der Waals surface area contributed by atoms with Gasteiger partial charge in [-0.2, -0.15) is 0 Å². The fraction of sp³-hybridized carbons (Fsp3) is 0.500. The number of aryl methyl sites for hydroxylation is 1. The number of hydrogen-bond acceptors (Lipinski definition) is 3. The molecule has 4 rings (SSSR count). The van der Waals surface area contributed by atoms with E-state index < -0.39 is 0 Å². The van der Waals surface area contributed by atoms with Crippen molar-refractivity contribution in [1.82, 2.24) is 4.90 Å². The summed E-state index contributed by atoms with van der Waals surface area (Å²) >= 11 is 1.85. The third kappa shape index (κ3) is 4.90. The number of nitrogens with one attached hydrogen (secondary N) is 1. The molecule has 1 aromatic heterocycles. The van der Waals surface area contributed by atoms with E-state index in [4.69, 9.17) is 5.73 Å². The van der Waals surface area contributed by atoms with Crippen molar-refractivity contribution in [2.75, 3.05) is 25.0 Å². The zero-order valence-electron chi connectivity index (χ0n) is 16.0. The zero-order chi connectivity index (χ0) is 18.5. The van der Waals surface area contributed by atoms with Gasteiger partial charge < -0.3 is 11.1 Å². The van der Waals surface area contributed by atoms with E-state index >= 15 is 0 Å². The Morgan fingerprint density at radius 2 is 2.00 bits per heavy atom. The second-order valence-electron chi connectivity index (χ2n) is 7.80. The number of thiophene rings is 1. The highest BCUT2D eigenvalue weighted by atomic mass is 32.1. The molecule has 1 saturated heterocycles. The first-order valence-electron chi connectivity index (χ1n) is 10.2. The number of anilines is 1. The second kappa shape index (κ2) is 8.89. The molecule has 27 heavy (non-hydrogen) atoms. The van der Waals surface area contributed by atoms with Gasteiger partial charge >= 0.3 is 0 Å². The van der Waals surface area contributed by atoms with Crippen LogP contribution in [0.5, 0.6) is 0 Å². The molecule has 0 amide bonds. The molecule has 1 aliphatic heterocycles. The summed E-state index contributed by atoms with van der Waals surface area (Å²) < 4.78 is 0. The van der Waals surface area contributed by atoms with Crippen molar-refractivity contribution in [2.45, 2.75) is 45.1 Å². The molecule has 5 heteroatoms. The van der Waals surface area contributed by atoms with E-state index in [-0.39, 0.29) is 0 Å². The molecule has 0 bridgehead atoms. The van der Waals surface area contributed by atoms with Gasteiger partial charge in [0.2, 0.25) is 0 Å². The predicted octanol–water partition coefficient (Wildman–Crippen LogP) is 4.27. The lowest BCUT2D eigenvalue weighted by molar-refractivity contribution is 0.182. The quantitative estimate of drug-likeness (QED) is 0.600. The van der Waals surface area contributed by atoms with E-state index in [1.54, 1.807) is 0 Å². The fourth-order valence-corrected chi connectivity index (χ4v) is 5.00. The van der Waals surface area contributed by atoms with Crippen LogP contribution in [-0.4, -0.2) is 30.5 Å². The van der Waals surface area contributed by atoms with Gasteiger partial charge in [-0.05, 0) is 86.2 Å². The Balaban J connectivity index is 1.26. The minimum Gasteiger partial charge on any atom is -0.370 e. The van der Waals surface area contributed by atoms with Crippen molar-refractivity contribution in [3.05, 3.63) is 51.7 Å². The van der Waals surface area contributed by atoms with E-state index in [0.717, 1.165) is 38.3 Å². The summed E-state index contributed by atoms with van der Waals surface area (Å²) in [6, 6.07) is 10.9. The van der Waals surface area contributed by atoms with E-state index in [2.05, 4.69) is 50.9 Å². The maximum atomic E-state index is 6.20. The van der Waals surface area contributed by atoms with Gasteiger partial charge in [-0.25, -0.2) is 0 Å². The van der Waals surface area contributed by atoms with Crippen LogP contribution in [0.4, 0.5) is 5.69 Å². The first-order valence-corrected chi connectivity index (χ1v) is 11.1. The zero-order valence-corrected chi connectivity index (χ0v) is 16.8. The molecule has 4 nitrogen and oxygen atoms in total. The minimum absolute atomic E-state index is 0.565. The van der Waals surface area contributed by atoms with Crippen LogP contribution in [0.15, 0.2) is 40.7 Å². The lowest BCUT2D eigenvalue weighted by Gasteiger charge is -2.30. The van der Waals surface area contributed by atoms with Crippen LogP contribution in [0.2, 0.25) is 0 Å². The number of piperidine rings is 1. The third-order valence-corrected chi connectivity index (χ3v) is 6.71.